The maximum absolute atomic E-state index is 4.57. The third kappa shape index (κ3) is 3.41. The monoisotopic (exact) mass is 322 g/mol. The highest BCUT2D eigenvalue weighted by atomic mass is 32.1. The highest BCUT2D eigenvalue weighted by molar-refractivity contribution is 7.09. The van der Waals surface area contributed by atoms with E-state index in [9.17, 15) is 0 Å². The first-order valence-corrected chi connectivity index (χ1v) is 8.62. The minimum atomic E-state index is 0.817. The molecule has 2 aromatic rings. The molecular formula is C13H22N8S. The van der Waals surface area contributed by atoms with Gasteiger partial charge in [0.2, 0.25) is 5.13 Å². The number of aromatic nitrogens is 6. The fraction of sp³-hybridized carbons (Fsp3) is 0.769. The van der Waals surface area contributed by atoms with E-state index in [1.54, 1.807) is 0 Å². The van der Waals surface area contributed by atoms with E-state index in [0.717, 1.165) is 68.9 Å². The summed E-state index contributed by atoms with van der Waals surface area (Å²) in [6.45, 7) is 9.88. The van der Waals surface area contributed by atoms with E-state index in [-0.39, 0.29) is 0 Å². The third-order valence-electron chi connectivity index (χ3n) is 3.82. The van der Waals surface area contributed by atoms with Crippen LogP contribution in [0.3, 0.4) is 0 Å². The Morgan fingerprint density at radius 3 is 2.64 bits per heavy atom. The molecule has 0 spiro atoms. The summed E-state index contributed by atoms with van der Waals surface area (Å²) in [5.41, 5.74) is 0. The second-order valence-electron chi connectivity index (χ2n) is 5.43. The van der Waals surface area contributed by atoms with E-state index >= 15 is 0 Å². The largest absolute Gasteiger partial charge is 0.344 e. The van der Waals surface area contributed by atoms with Gasteiger partial charge in [-0.1, -0.05) is 13.8 Å². The van der Waals surface area contributed by atoms with Gasteiger partial charge in [-0.3, -0.25) is 4.90 Å². The van der Waals surface area contributed by atoms with Crippen molar-refractivity contribution in [3.8, 4) is 0 Å². The molecule has 0 bridgehead atoms. The van der Waals surface area contributed by atoms with Crippen molar-refractivity contribution in [2.24, 2.45) is 0 Å². The van der Waals surface area contributed by atoms with Gasteiger partial charge in [0, 0.05) is 50.7 Å². The van der Waals surface area contributed by atoms with E-state index < -0.39 is 0 Å². The smallest absolute Gasteiger partial charge is 0.205 e. The molecule has 0 aromatic carbocycles. The maximum Gasteiger partial charge on any atom is 0.205 e. The van der Waals surface area contributed by atoms with E-state index in [2.05, 4.69) is 48.5 Å². The molecule has 1 aliphatic heterocycles. The van der Waals surface area contributed by atoms with Gasteiger partial charge in [0.25, 0.3) is 0 Å². The topological polar surface area (TPSA) is 75.9 Å². The lowest BCUT2D eigenvalue weighted by atomic mass is 10.3. The molecule has 0 saturated carbocycles. The summed E-state index contributed by atoms with van der Waals surface area (Å²) in [7, 11) is 0. The number of nitrogens with zero attached hydrogens (tertiary/aromatic N) is 8. The molecule has 0 amide bonds. The Morgan fingerprint density at radius 2 is 1.95 bits per heavy atom. The molecule has 3 heterocycles. The van der Waals surface area contributed by atoms with Gasteiger partial charge >= 0.3 is 0 Å². The van der Waals surface area contributed by atoms with Crippen molar-refractivity contribution >= 4 is 16.7 Å². The van der Waals surface area contributed by atoms with Crippen LogP contribution in [0, 0.1) is 0 Å². The van der Waals surface area contributed by atoms with E-state index in [0.29, 0.717) is 0 Å². The van der Waals surface area contributed by atoms with Crippen molar-refractivity contribution < 1.29 is 0 Å². The Balaban J connectivity index is 1.54. The zero-order chi connectivity index (χ0) is 15.4. The number of rotatable bonds is 6. The number of anilines is 1. The molecule has 1 fully saturated rings. The summed E-state index contributed by atoms with van der Waals surface area (Å²) in [6, 6.07) is 0. The minimum absolute atomic E-state index is 0.817. The van der Waals surface area contributed by atoms with Crippen LogP contribution >= 0.6 is 11.5 Å². The summed E-state index contributed by atoms with van der Waals surface area (Å²) in [4.78, 5) is 9.29. The van der Waals surface area contributed by atoms with Crippen LogP contribution in [0.25, 0.3) is 0 Å². The first-order valence-electron chi connectivity index (χ1n) is 7.85. The second kappa shape index (κ2) is 7.10. The second-order valence-corrected chi connectivity index (χ2v) is 6.16. The lowest BCUT2D eigenvalue weighted by Crippen LogP contribution is -2.46. The van der Waals surface area contributed by atoms with Gasteiger partial charge in [0.1, 0.15) is 5.82 Å². The van der Waals surface area contributed by atoms with E-state index in [4.69, 9.17) is 0 Å². The quantitative estimate of drug-likeness (QED) is 0.779. The predicted molar refractivity (Wildman–Crippen MR) is 84.9 cm³/mol. The van der Waals surface area contributed by atoms with Crippen molar-refractivity contribution in [2.75, 3.05) is 31.1 Å². The van der Waals surface area contributed by atoms with Gasteiger partial charge in [-0.05, 0) is 16.8 Å². The molecule has 0 aliphatic carbocycles. The van der Waals surface area contributed by atoms with Gasteiger partial charge in [-0.25, -0.2) is 9.67 Å². The van der Waals surface area contributed by atoms with Gasteiger partial charge in [-0.15, -0.1) is 5.10 Å². The first-order chi connectivity index (χ1) is 10.8. The number of hydrogen-bond donors (Lipinski definition) is 0. The fourth-order valence-corrected chi connectivity index (χ4v) is 3.34. The predicted octanol–water partition coefficient (Wildman–Crippen LogP) is 0.819. The average molecular weight is 322 g/mol. The van der Waals surface area contributed by atoms with Gasteiger partial charge in [-0.2, -0.15) is 4.37 Å². The SMILES string of the molecule is CCCn1nnnc1CN1CCN(c2nc(CC)ns2)CC1. The van der Waals surface area contributed by atoms with Crippen molar-refractivity contribution in [3.63, 3.8) is 0 Å². The van der Waals surface area contributed by atoms with Gasteiger partial charge < -0.3 is 4.90 Å². The summed E-state index contributed by atoms with van der Waals surface area (Å²) in [5.74, 6) is 1.90. The lowest BCUT2D eigenvalue weighted by Gasteiger charge is -2.33. The molecule has 22 heavy (non-hydrogen) atoms. The average Bonchev–Trinajstić information content (AvgIpc) is 3.18. The van der Waals surface area contributed by atoms with Gasteiger partial charge in [0.05, 0.1) is 6.54 Å². The summed E-state index contributed by atoms with van der Waals surface area (Å²) in [5, 5.41) is 13.0. The molecule has 9 heteroatoms. The highest BCUT2D eigenvalue weighted by Gasteiger charge is 2.21. The van der Waals surface area contributed by atoms with Crippen molar-refractivity contribution in [1.29, 1.82) is 0 Å². The Labute approximate surface area is 134 Å². The number of tetrazole rings is 1. The molecule has 0 N–H and O–H groups in total. The van der Waals surface area contributed by atoms with Crippen LogP contribution in [0.15, 0.2) is 0 Å². The Hall–Kier alpha value is -1.61. The number of hydrogen-bond acceptors (Lipinski definition) is 8. The molecule has 3 rings (SSSR count). The van der Waals surface area contributed by atoms with Crippen molar-refractivity contribution in [1.82, 2.24) is 34.5 Å². The molecule has 1 aliphatic rings. The molecule has 8 nitrogen and oxygen atoms in total. The maximum atomic E-state index is 4.57. The molecule has 120 valence electrons. The summed E-state index contributed by atoms with van der Waals surface area (Å²) < 4.78 is 6.27. The number of aryl methyl sites for hydroxylation is 2. The Bertz CT molecular complexity index is 586. The molecule has 0 radical (unpaired) electrons. The summed E-state index contributed by atoms with van der Waals surface area (Å²) in [6.07, 6.45) is 1.94. The molecular weight excluding hydrogens is 300 g/mol. The van der Waals surface area contributed by atoms with Crippen LogP contribution in [-0.2, 0) is 19.5 Å². The highest BCUT2D eigenvalue weighted by Crippen LogP contribution is 2.19. The van der Waals surface area contributed by atoms with Crippen LogP contribution in [0.1, 0.15) is 31.9 Å². The summed E-state index contributed by atoms with van der Waals surface area (Å²) >= 11 is 1.51. The standard InChI is InChI=1S/C13H22N8S/c1-3-5-21-12(15-17-18-21)10-19-6-8-20(9-7-19)13-14-11(4-2)16-22-13/h3-10H2,1-2H3. The van der Waals surface area contributed by atoms with Crippen LogP contribution in [0.4, 0.5) is 5.13 Å². The minimum Gasteiger partial charge on any atom is -0.344 e. The molecule has 0 unspecified atom stereocenters. The fourth-order valence-electron chi connectivity index (χ4n) is 2.54. The van der Waals surface area contributed by atoms with Crippen LogP contribution in [0.2, 0.25) is 0 Å². The van der Waals surface area contributed by atoms with Crippen molar-refractivity contribution in [3.05, 3.63) is 11.6 Å². The molecule has 1 saturated heterocycles. The van der Waals surface area contributed by atoms with Crippen molar-refractivity contribution in [2.45, 2.75) is 39.8 Å². The Morgan fingerprint density at radius 1 is 1.14 bits per heavy atom. The first kappa shape index (κ1) is 15.3. The molecule has 2 aromatic heterocycles. The van der Waals surface area contributed by atoms with Crippen LogP contribution in [-0.4, -0.2) is 60.6 Å². The zero-order valence-electron chi connectivity index (χ0n) is 13.1. The number of piperazine rings is 1. The normalized spacial score (nSPS) is 16.4. The van der Waals surface area contributed by atoms with Gasteiger partial charge in [0.15, 0.2) is 5.82 Å². The lowest BCUT2D eigenvalue weighted by molar-refractivity contribution is 0.239. The third-order valence-corrected chi connectivity index (χ3v) is 4.64. The molecule has 0 atom stereocenters. The van der Waals surface area contributed by atoms with Crippen LogP contribution in [0.5, 0.6) is 0 Å². The van der Waals surface area contributed by atoms with Crippen LogP contribution < -0.4 is 4.90 Å². The van der Waals surface area contributed by atoms with E-state index in [1.165, 1.54) is 11.5 Å². The Kier molecular flexibility index (Phi) is 4.94. The zero-order valence-corrected chi connectivity index (χ0v) is 14.0. The van der Waals surface area contributed by atoms with E-state index in [1.807, 2.05) is 4.68 Å².